The second-order valence-electron chi connectivity index (χ2n) is 4.14. The van der Waals surface area contributed by atoms with Gasteiger partial charge in [-0.2, -0.15) is 4.98 Å². The summed E-state index contributed by atoms with van der Waals surface area (Å²) in [6.07, 6.45) is 0. The van der Waals surface area contributed by atoms with E-state index < -0.39 is 0 Å². The van der Waals surface area contributed by atoms with Gasteiger partial charge in [0, 0.05) is 23.7 Å². The molecule has 0 aliphatic heterocycles. The maximum absolute atomic E-state index is 5.21. The normalized spacial score (nSPS) is 10.9. The minimum atomic E-state index is 0.548. The van der Waals surface area contributed by atoms with Crippen molar-refractivity contribution >= 4 is 15.9 Å². The van der Waals surface area contributed by atoms with Gasteiger partial charge in [0.1, 0.15) is 0 Å². The van der Waals surface area contributed by atoms with Crippen molar-refractivity contribution in [2.75, 3.05) is 20.3 Å². The molecule has 0 unspecified atom stereocenters. The molecule has 1 heterocycles. The zero-order valence-electron chi connectivity index (χ0n) is 10.9. The maximum Gasteiger partial charge on any atom is 0.240 e. The lowest BCUT2D eigenvalue weighted by Crippen LogP contribution is -2.18. The molecule has 1 N–H and O–H groups in total. The molecule has 2 rings (SSSR count). The number of ether oxygens (including phenoxy) is 1. The summed E-state index contributed by atoms with van der Waals surface area (Å²) in [5.41, 5.74) is 2.09. The number of methoxy groups -OCH3 is 1. The van der Waals surface area contributed by atoms with Crippen LogP contribution in [0.1, 0.15) is 11.5 Å². The van der Waals surface area contributed by atoms with Crippen LogP contribution in [-0.2, 0) is 11.3 Å². The first-order chi connectivity index (χ1) is 9.20. The monoisotopic (exact) mass is 325 g/mol. The molecule has 0 amide bonds. The van der Waals surface area contributed by atoms with Gasteiger partial charge in [0.25, 0.3) is 0 Å². The molecule has 1 aromatic carbocycles. The maximum atomic E-state index is 5.21. The fourth-order valence-corrected chi connectivity index (χ4v) is 2.16. The van der Waals surface area contributed by atoms with Crippen molar-refractivity contribution in [1.82, 2.24) is 15.5 Å². The van der Waals surface area contributed by atoms with Crippen molar-refractivity contribution in [1.29, 1.82) is 0 Å². The Morgan fingerprint density at radius 3 is 3.00 bits per heavy atom. The number of nitrogens with one attached hydrogen (secondary N) is 1. The first-order valence-electron chi connectivity index (χ1n) is 5.99. The third kappa shape index (κ3) is 3.86. The third-order valence-corrected chi connectivity index (χ3v) is 3.15. The van der Waals surface area contributed by atoms with Crippen molar-refractivity contribution in [2.24, 2.45) is 0 Å². The second kappa shape index (κ2) is 6.79. The van der Waals surface area contributed by atoms with Gasteiger partial charge >= 0.3 is 0 Å². The molecule has 2 aromatic rings. The van der Waals surface area contributed by atoms with Crippen molar-refractivity contribution in [3.05, 3.63) is 34.1 Å². The minimum absolute atomic E-state index is 0.548. The number of halogens is 1. The third-order valence-electron chi connectivity index (χ3n) is 2.66. The van der Waals surface area contributed by atoms with Crippen LogP contribution in [0, 0.1) is 6.92 Å². The largest absolute Gasteiger partial charge is 0.383 e. The van der Waals surface area contributed by atoms with E-state index in [-0.39, 0.29) is 0 Å². The highest BCUT2D eigenvalue weighted by Gasteiger charge is 2.10. The van der Waals surface area contributed by atoms with Crippen LogP contribution in [-0.4, -0.2) is 30.4 Å². The van der Waals surface area contributed by atoms with Gasteiger partial charge in [0.2, 0.25) is 11.7 Å². The zero-order valence-corrected chi connectivity index (χ0v) is 12.5. The van der Waals surface area contributed by atoms with Crippen LogP contribution < -0.4 is 5.32 Å². The summed E-state index contributed by atoms with van der Waals surface area (Å²) in [6.45, 7) is 3.98. The van der Waals surface area contributed by atoms with Crippen molar-refractivity contribution < 1.29 is 9.26 Å². The Morgan fingerprint density at radius 2 is 2.26 bits per heavy atom. The summed E-state index contributed by atoms with van der Waals surface area (Å²) >= 11 is 3.44. The SMILES string of the molecule is COCCNCc1nc(-c2ccc(Br)cc2C)no1. The summed E-state index contributed by atoms with van der Waals surface area (Å²) < 4.78 is 11.2. The fourth-order valence-electron chi connectivity index (χ4n) is 1.68. The Hall–Kier alpha value is -1.24. The summed E-state index contributed by atoms with van der Waals surface area (Å²) in [5.74, 6) is 1.20. The quantitative estimate of drug-likeness (QED) is 0.827. The van der Waals surface area contributed by atoms with E-state index >= 15 is 0 Å². The first kappa shape index (κ1) is 14.2. The van der Waals surface area contributed by atoms with Crippen LogP contribution in [0.25, 0.3) is 11.4 Å². The highest BCUT2D eigenvalue weighted by Crippen LogP contribution is 2.23. The standard InChI is InChI=1S/C13H16BrN3O2/c1-9-7-10(14)3-4-11(9)13-16-12(19-17-13)8-15-5-6-18-2/h3-4,7,15H,5-6,8H2,1-2H3. The van der Waals surface area contributed by atoms with Gasteiger partial charge in [-0.05, 0) is 30.7 Å². The van der Waals surface area contributed by atoms with E-state index in [0.717, 1.165) is 22.1 Å². The molecule has 0 bridgehead atoms. The number of hydrogen-bond acceptors (Lipinski definition) is 5. The number of nitrogens with zero attached hydrogens (tertiary/aromatic N) is 2. The van der Waals surface area contributed by atoms with Gasteiger partial charge in [-0.1, -0.05) is 21.1 Å². The van der Waals surface area contributed by atoms with Gasteiger partial charge in [-0.3, -0.25) is 0 Å². The van der Waals surface area contributed by atoms with Crippen LogP contribution in [0.3, 0.4) is 0 Å². The minimum Gasteiger partial charge on any atom is -0.383 e. The van der Waals surface area contributed by atoms with Gasteiger partial charge < -0.3 is 14.6 Å². The number of rotatable bonds is 6. The second-order valence-corrected chi connectivity index (χ2v) is 5.06. The Morgan fingerprint density at radius 1 is 1.42 bits per heavy atom. The van der Waals surface area contributed by atoms with Crippen LogP contribution in [0.5, 0.6) is 0 Å². The van der Waals surface area contributed by atoms with Crippen molar-refractivity contribution in [3.8, 4) is 11.4 Å². The van der Waals surface area contributed by atoms with Crippen LogP contribution >= 0.6 is 15.9 Å². The van der Waals surface area contributed by atoms with Crippen molar-refractivity contribution in [3.63, 3.8) is 0 Å². The summed E-state index contributed by atoms with van der Waals surface area (Å²) in [5, 5.41) is 7.17. The average Bonchev–Trinajstić information content (AvgIpc) is 2.83. The number of hydrogen-bond donors (Lipinski definition) is 1. The summed E-state index contributed by atoms with van der Waals surface area (Å²) in [4.78, 5) is 4.37. The molecule has 0 aliphatic rings. The van der Waals surface area contributed by atoms with Crippen LogP contribution in [0.15, 0.2) is 27.2 Å². The summed E-state index contributed by atoms with van der Waals surface area (Å²) in [6, 6.07) is 5.98. The summed E-state index contributed by atoms with van der Waals surface area (Å²) in [7, 11) is 1.67. The van der Waals surface area contributed by atoms with Crippen molar-refractivity contribution in [2.45, 2.75) is 13.5 Å². The Kier molecular flexibility index (Phi) is 5.07. The molecule has 0 saturated carbocycles. The van der Waals surface area contributed by atoms with Crippen LogP contribution in [0.4, 0.5) is 0 Å². The highest BCUT2D eigenvalue weighted by atomic mass is 79.9. The molecule has 0 radical (unpaired) electrons. The molecule has 0 saturated heterocycles. The van der Waals surface area contributed by atoms with Gasteiger partial charge in [0.05, 0.1) is 13.2 Å². The molecule has 5 nitrogen and oxygen atoms in total. The smallest absolute Gasteiger partial charge is 0.240 e. The number of aromatic nitrogens is 2. The molecule has 1 aromatic heterocycles. The molecule has 6 heteroatoms. The lowest BCUT2D eigenvalue weighted by atomic mass is 10.1. The van der Waals surface area contributed by atoms with E-state index in [0.29, 0.717) is 24.9 Å². The van der Waals surface area contributed by atoms with E-state index in [9.17, 15) is 0 Å². The lowest BCUT2D eigenvalue weighted by Gasteiger charge is -2.00. The Bertz CT molecular complexity index is 542. The van der Waals surface area contributed by atoms with Gasteiger partial charge in [0.15, 0.2) is 0 Å². The van der Waals surface area contributed by atoms with E-state index in [4.69, 9.17) is 9.26 Å². The van der Waals surface area contributed by atoms with Gasteiger partial charge in [-0.25, -0.2) is 0 Å². The topological polar surface area (TPSA) is 60.2 Å². The first-order valence-corrected chi connectivity index (χ1v) is 6.79. The lowest BCUT2D eigenvalue weighted by molar-refractivity contribution is 0.197. The van der Waals surface area contributed by atoms with E-state index in [2.05, 4.69) is 31.4 Å². The molecular formula is C13H16BrN3O2. The predicted molar refractivity (Wildman–Crippen MR) is 75.8 cm³/mol. The molecule has 0 spiro atoms. The average molecular weight is 326 g/mol. The Labute approximate surface area is 120 Å². The van der Waals surface area contributed by atoms with E-state index in [1.54, 1.807) is 7.11 Å². The van der Waals surface area contributed by atoms with Crippen LogP contribution in [0.2, 0.25) is 0 Å². The molecule has 0 atom stereocenters. The Balaban J connectivity index is 2.04. The van der Waals surface area contributed by atoms with E-state index in [1.165, 1.54) is 0 Å². The van der Waals surface area contributed by atoms with E-state index in [1.807, 2.05) is 25.1 Å². The number of benzene rings is 1. The zero-order chi connectivity index (χ0) is 13.7. The molecule has 0 aliphatic carbocycles. The molecular weight excluding hydrogens is 310 g/mol. The molecule has 102 valence electrons. The fraction of sp³-hybridized carbons (Fsp3) is 0.385. The predicted octanol–water partition coefficient (Wildman–Crippen LogP) is 2.54. The number of aryl methyl sites for hydroxylation is 1. The molecule has 19 heavy (non-hydrogen) atoms. The molecule has 0 fully saturated rings. The highest BCUT2D eigenvalue weighted by molar-refractivity contribution is 9.10. The van der Waals surface area contributed by atoms with Gasteiger partial charge in [-0.15, -0.1) is 0 Å².